The van der Waals surface area contributed by atoms with E-state index in [0.29, 0.717) is 18.5 Å². The van der Waals surface area contributed by atoms with E-state index >= 15 is 0 Å². The van der Waals surface area contributed by atoms with Gasteiger partial charge in [0.05, 0.1) is 6.10 Å². The van der Waals surface area contributed by atoms with Crippen molar-refractivity contribution in [2.45, 2.75) is 38.8 Å². The monoisotopic (exact) mass is 243 g/mol. The summed E-state index contributed by atoms with van der Waals surface area (Å²) in [7, 11) is 0. The molecule has 0 bridgehead atoms. The van der Waals surface area contributed by atoms with E-state index in [4.69, 9.17) is 5.11 Å². The second-order valence-electron chi connectivity index (χ2n) is 4.33. The molecule has 2 atom stereocenters. The van der Waals surface area contributed by atoms with E-state index in [1.54, 1.807) is 13.8 Å². The first-order chi connectivity index (χ1) is 8.00. The predicted molar refractivity (Wildman–Crippen MR) is 63.7 cm³/mol. The maximum absolute atomic E-state index is 13.4. The van der Waals surface area contributed by atoms with Crippen molar-refractivity contribution in [1.82, 2.24) is 5.32 Å². The Hall–Kier alpha value is -1.00. The summed E-state index contributed by atoms with van der Waals surface area (Å²) in [5.74, 6) is -0.832. The Morgan fingerprint density at radius 3 is 2.65 bits per heavy atom. The third-order valence-corrected chi connectivity index (χ3v) is 2.67. The molecule has 2 nitrogen and oxygen atoms in total. The summed E-state index contributed by atoms with van der Waals surface area (Å²) in [5, 5.41) is 12.2. The van der Waals surface area contributed by atoms with Gasteiger partial charge in [0.1, 0.15) is 11.6 Å². The van der Waals surface area contributed by atoms with E-state index in [9.17, 15) is 8.78 Å². The molecule has 0 aliphatic carbocycles. The minimum atomic E-state index is -0.431. The van der Waals surface area contributed by atoms with Crippen LogP contribution in [0.5, 0.6) is 0 Å². The molecule has 1 rings (SSSR count). The van der Waals surface area contributed by atoms with Crippen molar-refractivity contribution in [3.63, 3.8) is 0 Å². The van der Waals surface area contributed by atoms with Gasteiger partial charge < -0.3 is 10.4 Å². The van der Waals surface area contributed by atoms with Crippen molar-refractivity contribution in [3.05, 3.63) is 35.4 Å². The van der Waals surface area contributed by atoms with Crippen LogP contribution in [-0.4, -0.2) is 17.8 Å². The lowest BCUT2D eigenvalue weighted by atomic mass is 10.1. The van der Waals surface area contributed by atoms with Crippen LogP contribution in [0.25, 0.3) is 0 Å². The number of hydrogen-bond donors (Lipinski definition) is 2. The van der Waals surface area contributed by atoms with Gasteiger partial charge in [0.2, 0.25) is 0 Å². The van der Waals surface area contributed by atoms with Crippen LogP contribution in [0.4, 0.5) is 8.78 Å². The minimum absolute atomic E-state index is 0.236. The number of hydrogen-bond acceptors (Lipinski definition) is 2. The standard InChI is InChI=1S/C13H19F2NO/c1-9(17)4-3-7-16-10(2)12-8-11(14)5-6-13(12)15/h5-6,8-10,16-17H,3-4,7H2,1-2H3. The van der Waals surface area contributed by atoms with Gasteiger partial charge in [0.25, 0.3) is 0 Å². The number of aliphatic hydroxyl groups excluding tert-OH is 1. The molecule has 0 aliphatic heterocycles. The fourth-order valence-corrected chi connectivity index (χ4v) is 1.67. The molecule has 0 amide bonds. The number of aliphatic hydroxyl groups is 1. The second-order valence-corrected chi connectivity index (χ2v) is 4.33. The summed E-state index contributed by atoms with van der Waals surface area (Å²) >= 11 is 0. The summed E-state index contributed by atoms with van der Waals surface area (Å²) in [6.07, 6.45) is 1.18. The van der Waals surface area contributed by atoms with Crippen molar-refractivity contribution in [2.24, 2.45) is 0 Å². The van der Waals surface area contributed by atoms with Gasteiger partial charge in [0, 0.05) is 11.6 Å². The van der Waals surface area contributed by atoms with Gasteiger partial charge in [-0.2, -0.15) is 0 Å². The Morgan fingerprint density at radius 2 is 2.00 bits per heavy atom. The average molecular weight is 243 g/mol. The molecule has 0 aromatic heterocycles. The van der Waals surface area contributed by atoms with E-state index in [-0.39, 0.29) is 12.1 Å². The van der Waals surface area contributed by atoms with Gasteiger partial charge in [0.15, 0.2) is 0 Å². The number of halogens is 2. The molecular weight excluding hydrogens is 224 g/mol. The molecule has 0 aliphatic rings. The Morgan fingerprint density at radius 1 is 1.29 bits per heavy atom. The maximum Gasteiger partial charge on any atom is 0.128 e. The van der Waals surface area contributed by atoms with Crippen LogP contribution in [0.15, 0.2) is 18.2 Å². The van der Waals surface area contributed by atoms with Gasteiger partial charge in [-0.05, 0) is 51.4 Å². The van der Waals surface area contributed by atoms with Crippen molar-refractivity contribution in [2.75, 3.05) is 6.54 Å². The molecule has 17 heavy (non-hydrogen) atoms. The van der Waals surface area contributed by atoms with Crippen molar-refractivity contribution in [3.8, 4) is 0 Å². The summed E-state index contributed by atoms with van der Waals surface area (Å²) < 4.78 is 26.4. The van der Waals surface area contributed by atoms with Gasteiger partial charge in [-0.3, -0.25) is 0 Å². The molecule has 96 valence electrons. The van der Waals surface area contributed by atoms with Crippen LogP contribution < -0.4 is 5.32 Å². The highest BCUT2D eigenvalue weighted by atomic mass is 19.1. The lowest BCUT2D eigenvalue weighted by molar-refractivity contribution is 0.181. The third-order valence-electron chi connectivity index (χ3n) is 2.67. The summed E-state index contributed by atoms with van der Waals surface area (Å²) in [5.41, 5.74) is 0.335. The van der Waals surface area contributed by atoms with Crippen molar-refractivity contribution < 1.29 is 13.9 Å². The fourth-order valence-electron chi connectivity index (χ4n) is 1.67. The first-order valence-corrected chi connectivity index (χ1v) is 5.87. The predicted octanol–water partition coefficient (Wildman–Crippen LogP) is 2.78. The van der Waals surface area contributed by atoms with Crippen LogP contribution in [0.3, 0.4) is 0 Å². The smallest absolute Gasteiger partial charge is 0.128 e. The van der Waals surface area contributed by atoms with E-state index in [0.717, 1.165) is 18.6 Å². The largest absolute Gasteiger partial charge is 0.393 e. The lowest BCUT2D eigenvalue weighted by Gasteiger charge is -2.15. The third kappa shape index (κ3) is 4.79. The van der Waals surface area contributed by atoms with Crippen LogP contribution in [0.2, 0.25) is 0 Å². The van der Waals surface area contributed by atoms with Crippen LogP contribution in [0.1, 0.15) is 38.3 Å². The average Bonchev–Trinajstić information content (AvgIpc) is 2.27. The van der Waals surface area contributed by atoms with Crippen LogP contribution >= 0.6 is 0 Å². The first-order valence-electron chi connectivity index (χ1n) is 5.87. The van der Waals surface area contributed by atoms with E-state index in [1.807, 2.05) is 0 Å². The highest BCUT2D eigenvalue weighted by molar-refractivity contribution is 5.21. The zero-order chi connectivity index (χ0) is 12.8. The Balaban J connectivity index is 2.46. The molecule has 0 saturated carbocycles. The number of rotatable bonds is 6. The normalized spacial score (nSPS) is 14.6. The quantitative estimate of drug-likeness (QED) is 0.753. The number of nitrogens with one attached hydrogen (secondary N) is 1. The van der Waals surface area contributed by atoms with Gasteiger partial charge in [-0.15, -0.1) is 0 Å². The topological polar surface area (TPSA) is 32.3 Å². The van der Waals surface area contributed by atoms with Gasteiger partial charge in [-0.25, -0.2) is 8.78 Å². The molecule has 0 heterocycles. The summed E-state index contributed by atoms with van der Waals surface area (Å²) in [6.45, 7) is 4.19. The maximum atomic E-state index is 13.4. The minimum Gasteiger partial charge on any atom is -0.393 e. The highest BCUT2D eigenvalue weighted by Gasteiger charge is 2.11. The molecule has 4 heteroatoms. The number of benzene rings is 1. The second kappa shape index (κ2) is 6.67. The Bertz CT molecular complexity index is 355. The fraction of sp³-hybridized carbons (Fsp3) is 0.538. The first kappa shape index (κ1) is 14.1. The van der Waals surface area contributed by atoms with Gasteiger partial charge in [-0.1, -0.05) is 0 Å². The van der Waals surface area contributed by atoms with Crippen molar-refractivity contribution >= 4 is 0 Å². The Kier molecular flexibility index (Phi) is 5.51. The van der Waals surface area contributed by atoms with Crippen LogP contribution in [-0.2, 0) is 0 Å². The van der Waals surface area contributed by atoms with Gasteiger partial charge >= 0.3 is 0 Å². The Labute approximate surface area is 101 Å². The van der Waals surface area contributed by atoms with Crippen molar-refractivity contribution in [1.29, 1.82) is 0 Å². The molecular formula is C13H19F2NO. The van der Waals surface area contributed by atoms with E-state index in [1.165, 1.54) is 6.07 Å². The summed E-state index contributed by atoms with van der Waals surface area (Å²) in [4.78, 5) is 0. The molecule has 0 spiro atoms. The summed E-state index contributed by atoms with van der Waals surface area (Å²) in [6, 6.07) is 3.22. The van der Waals surface area contributed by atoms with E-state index in [2.05, 4.69) is 5.32 Å². The molecule has 0 fully saturated rings. The molecule has 2 N–H and O–H groups in total. The highest BCUT2D eigenvalue weighted by Crippen LogP contribution is 2.17. The lowest BCUT2D eigenvalue weighted by Crippen LogP contribution is -2.21. The zero-order valence-corrected chi connectivity index (χ0v) is 10.2. The zero-order valence-electron chi connectivity index (χ0n) is 10.2. The SMILES string of the molecule is CC(O)CCCNC(C)c1cc(F)ccc1F. The van der Waals surface area contributed by atoms with Crippen LogP contribution in [0, 0.1) is 11.6 Å². The van der Waals surface area contributed by atoms with E-state index < -0.39 is 11.6 Å². The molecule has 2 unspecified atom stereocenters. The molecule has 1 aromatic carbocycles. The molecule has 1 aromatic rings. The molecule has 0 saturated heterocycles. The molecule has 0 radical (unpaired) electrons.